The first-order chi connectivity index (χ1) is 29.8. The fourth-order valence-corrected chi connectivity index (χ4v) is 10.0. The molecule has 4 aliphatic heterocycles. The summed E-state index contributed by atoms with van der Waals surface area (Å²) in [5.74, 6) is 4.33. The standard InChI is InChI=1S/C50H32B2N8/c1-5-16-33(17-6-1)57-41-26-14-13-24-37(41)51-40-32-39-47(56-48(40)60(36-22-11-4-12-23-36)50-44(51)42(57)27-30-55-50)58(34-18-7-2-8-19-34)43-28-31-54-49-45(43)52(39)38-25-15-29-53-46(38)59(49)35-20-9-3-10-21-35/h1-32H. The maximum Gasteiger partial charge on any atom is 0.258 e. The minimum atomic E-state index is -0.195. The lowest BCUT2D eigenvalue weighted by Crippen LogP contribution is -2.66. The second-order valence-corrected chi connectivity index (χ2v) is 15.5. The maximum atomic E-state index is 5.92. The summed E-state index contributed by atoms with van der Waals surface area (Å²) in [5, 5.41) is 0. The van der Waals surface area contributed by atoms with Crippen molar-refractivity contribution < 1.29 is 0 Å². The highest BCUT2D eigenvalue weighted by molar-refractivity contribution is 7.02. The average molecular weight is 766 g/mol. The minimum Gasteiger partial charge on any atom is -0.311 e. The van der Waals surface area contributed by atoms with Gasteiger partial charge < -0.3 is 4.90 Å². The molecule has 0 spiro atoms. The van der Waals surface area contributed by atoms with Crippen LogP contribution in [0.1, 0.15) is 0 Å². The zero-order chi connectivity index (χ0) is 39.3. The van der Waals surface area contributed by atoms with Gasteiger partial charge in [0.1, 0.15) is 29.1 Å². The van der Waals surface area contributed by atoms with Crippen LogP contribution in [-0.2, 0) is 0 Å². The van der Waals surface area contributed by atoms with Gasteiger partial charge in [-0.3, -0.25) is 14.7 Å². The Morgan fingerprint density at radius 2 is 0.733 bits per heavy atom. The highest BCUT2D eigenvalue weighted by Crippen LogP contribution is 2.45. The first kappa shape index (κ1) is 33.0. The van der Waals surface area contributed by atoms with Gasteiger partial charge in [0.15, 0.2) is 0 Å². The molecule has 0 saturated carbocycles. The van der Waals surface area contributed by atoms with Crippen LogP contribution in [0.25, 0.3) is 0 Å². The van der Waals surface area contributed by atoms with Crippen molar-refractivity contribution >= 4 is 115 Å². The Hall–Kier alpha value is -7.97. The van der Waals surface area contributed by atoms with Crippen LogP contribution in [0, 0.1) is 0 Å². The Bertz CT molecular complexity index is 2940. The molecule has 9 aromatic rings. The quantitative estimate of drug-likeness (QED) is 0.172. The van der Waals surface area contributed by atoms with Gasteiger partial charge in [-0.05, 0) is 106 Å². The zero-order valence-electron chi connectivity index (χ0n) is 32.2. The Balaban J connectivity index is 1.14. The molecular weight excluding hydrogens is 734 g/mol. The molecule has 0 saturated heterocycles. The predicted octanol–water partition coefficient (Wildman–Crippen LogP) is 7.43. The van der Waals surface area contributed by atoms with Crippen LogP contribution in [0.2, 0.25) is 0 Å². The molecule has 10 heteroatoms. The van der Waals surface area contributed by atoms with Crippen molar-refractivity contribution in [3.63, 3.8) is 0 Å². The Morgan fingerprint density at radius 1 is 0.300 bits per heavy atom. The summed E-state index contributed by atoms with van der Waals surface area (Å²) in [7, 11) is 0. The number of aromatic nitrogens is 4. The van der Waals surface area contributed by atoms with Gasteiger partial charge in [0.05, 0.1) is 0 Å². The van der Waals surface area contributed by atoms with Gasteiger partial charge in [-0.2, -0.15) is 0 Å². The number of nitrogens with zero attached hydrogens (tertiary/aromatic N) is 8. The molecule has 13 rings (SSSR count). The smallest absolute Gasteiger partial charge is 0.258 e. The van der Waals surface area contributed by atoms with Crippen LogP contribution in [0.4, 0.5) is 68.9 Å². The number of hydrogen-bond donors (Lipinski definition) is 0. The van der Waals surface area contributed by atoms with E-state index in [9.17, 15) is 0 Å². The van der Waals surface area contributed by atoms with Gasteiger partial charge in [-0.15, -0.1) is 0 Å². The lowest BCUT2D eigenvalue weighted by molar-refractivity contribution is 1.10. The molecule has 278 valence electrons. The van der Waals surface area contributed by atoms with Crippen LogP contribution >= 0.6 is 0 Å². The molecule has 0 N–H and O–H groups in total. The van der Waals surface area contributed by atoms with E-state index >= 15 is 0 Å². The van der Waals surface area contributed by atoms with Crippen LogP contribution in [-0.4, -0.2) is 33.4 Å². The normalized spacial score (nSPS) is 13.8. The lowest BCUT2D eigenvalue weighted by Gasteiger charge is -2.45. The summed E-state index contributed by atoms with van der Waals surface area (Å²) >= 11 is 0. The van der Waals surface area contributed by atoms with E-state index in [1.54, 1.807) is 0 Å². The SMILES string of the molecule is c1ccc(N2c3ccccc3B3c4cc5c(nc4N(c4ccccc4)c4nccc2c43)N(c2ccccc2)c2ccnc3c2B5c2cccnc2N3c2ccccc2)cc1. The molecule has 0 atom stereocenters. The van der Waals surface area contributed by atoms with E-state index in [0.29, 0.717) is 0 Å². The number of para-hydroxylation sites is 5. The highest BCUT2D eigenvalue weighted by Gasteiger charge is 2.49. The van der Waals surface area contributed by atoms with E-state index in [1.807, 2.05) is 24.7 Å². The summed E-state index contributed by atoms with van der Waals surface area (Å²) in [4.78, 5) is 30.6. The zero-order valence-corrected chi connectivity index (χ0v) is 32.2. The van der Waals surface area contributed by atoms with Crippen LogP contribution in [0.5, 0.6) is 0 Å². The second kappa shape index (κ2) is 12.8. The van der Waals surface area contributed by atoms with Gasteiger partial charge in [-0.25, -0.2) is 19.9 Å². The molecule has 4 aromatic heterocycles. The fraction of sp³-hybridized carbons (Fsp3) is 0. The summed E-state index contributed by atoms with van der Waals surface area (Å²) < 4.78 is 0. The molecule has 60 heavy (non-hydrogen) atoms. The Morgan fingerprint density at radius 3 is 1.33 bits per heavy atom. The average Bonchev–Trinajstić information content (AvgIpc) is 3.32. The minimum absolute atomic E-state index is 0.148. The van der Waals surface area contributed by atoms with E-state index < -0.39 is 0 Å². The van der Waals surface area contributed by atoms with Crippen molar-refractivity contribution in [3.05, 3.63) is 195 Å². The number of benzene rings is 5. The number of anilines is 12. The van der Waals surface area contributed by atoms with Gasteiger partial charge in [-0.1, -0.05) is 103 Å². The molecule has 0 bridgehead atoms. The molecule has 0 amide bonds. The molecule has 0 unspecified atom stereocenters. The van der Waals surface area contributed by atoms with Crippen molar-refractivity contribution in [2.45, 2.75) is 0 Å². The van der Waals surface area contributed by atoms with Crippen LogP contribution < -0.4 is 52.4 Å². The molecule has 8 nitrogen and oxygen atoms in total. The molecule has 0 fully saturated rings. The number of fused-ring (bicyclic) bond motifs is 8. The van der Waals surface area contributed by atoms with Crippen molar-refractivity contribution in [2.75, 3.05) is 19.6 Å². The Kier molecular flexibility index (Phi) is 7.03. The van der Waals surface area contributed by atoms with Gasteiger partial charge in [0.2, 0.25) is 0 Å². The third kappa shape index (κ3) is 4.58. The molecule has 0 aliphatic carbocycles. The molecule has 4 aliphatic rings. The van der Waals surface area contributed by atoms with Gasteiger partial charge in [0.25, 0.3) is 13.4 Å². The van der Waals surface area contributed by atoms with Crippen LogP contribution in [0.3, 0.4) is 0 Å². The topological polar surface area (TPSA) is 64.5 Å². The van der Waals surface area contributed by atoms with E-state index in [2.05, 4.69) is 189 Å². The van der Waals surface area contributed by atoms with E-state index in [1.165, 1.54) is 5.46 Å². The molecule has 5 aromatic carbocycles. The summed E-state index contributed by atoms with van der Waals surface area (Å²) in [6, 6.07) is 62.1. The first-order valence-electron chi connectivity index (χ1n) is 20.3. The van der Waals surface area contributed by atoms with Gasteiger partial charge in [0, 0.05) is 58.4 Å². The van der Waals surface area contributed by atoms with E-state index in [-0.39, 0.29) is 13.4 Å². The maximum absolute atomic E-state index is 5.92. The monoisotopic (exact) mass is 766 g/mol. The fourth-order valence-electron chi connectivity index (χ4n) is 10.0. The third-order valence-corrected chi connectivity index (χ3v) is 12.3. The molecular formula is C50H32B2N8. The van der Waals surface area contributed by atoms with Crippen molar-refractivity contribution in [2.24, 2.45) is 0 Å². The lowest BCUT2D eigenvalue weighted by atomic mass is 9.31. The van der Waals surface area contributed by atoms with Crippen LogP contribution in [0.15, 0.2) is 195 Å². The number of pyridine rings is 4. The third-order valence-electron chi connectivity index (χ3n) is 12.3. The van der Waals surface area contributed by atoms with Crippen molar-refractivity contribution in [1.29, 1.82) is 0 Å². The molecule has 0 radical (unpaired) electrons. The summed E-state index contributed by atoms with van der Waals surface area (Å²) in [6.07, 6.45) is 5.75. The molecule has 8 heterocycles. The van der Waals surface area contributed by atoms with E-state index in [0.717, 1.165) is 96.2 Å². The van der Waals surface area contributed by atoms with Gasteiger partial charge >= 0.3 is 0 Å². The number of rotatable bonds is 4. The Labute approximate surface area is 347 Å². The number of hydrogen-bond acceptors (Lipinski definition) is 8. The highest BCUT2D eigenvalue weighted by atomic mass is 15.3. The summed E-state index contributed by atoms with van der Waals surface area (Å²) in [6.45, 7) is -0.343. The predicted molar refractivity (Wildman–Crippen MR) is 246 cm³/mol. The second-order valence-electron chi connectivity index (χ2n) is 15.5. The van der Waals surface area contributed by atoms with Crippen molar-refractivity contribution in [1.82, 2.24) is 19.9 Å². The van der Waals surface area contributed by atoms with Crippen molar-refractivity contribution in [3.8, 4) is 0 Å². The van der Waals surface area contributed by atoms with E-state index in [4.69, 9.17) is 19.9 Å². The largest absolute Gasteiger partial charge is 0.311 e. The summed E-state index contributed by atoms with van der Waals surface area (Å²) in [5.41, 5.74) is 14.2. The first-order valence-corrected chi connectivity index (χ1v) is 20.3.